The molecule has 0 bridgehead atoms. The highest BCUT2D eigenvalue weighted by Gasteiger charge is 2.35. The van der Waals surface area contributed by atoms with Gasteiger partial charge in [0.05, 0.1) is 11.3 Å². The van der Waals surface area contributed by atoms with Gasteiger partial charge in [-0.25, -0.2) is 0 Å². The molecule has 0 saturated carbocycles. The molecule has 7 heteroatoms. The number of thiophene rings is 1. The van der Waals surface area contributed by atoms with Crippen molar-refractivity contribution in [2.24, 2.45) is 5.92 Å². The first-order valence-electron chi connectivity index (χ1n) is 11.0. The van der Waals surface area contributed by atoms with E-state index >= 15 is 0 Å². The maximum absolute atomic E-state index is 13.2. The monoisotopic (exact) mass is 441 g/mol. The van der Waals surface area contributed by atoms with Gasteiger partial charge in [0.2, 0.25) is 11.8 Å². The van der Waals surface area contributed by atoms with E-state index in [-0.39, 0.29) is 23.6 Å². The predicted octanol–water partition coefficient (Wildman–Crippen LogP) is 3.20. The lowest BCUT2D eigenvalue weighted by atomic mass is 9.88. The van der Waals surface area contributed by atoms with Crippen molar-refractivity contribution in [2.45, 2.75) is 39.2 Å². The number of hydrogen-bond acceptors (Lipinski definition) is 4. The molecular weight excluding hydrogens is 410 g/mol. The number of carbonyl (C=O) groups is 3. The standard InChI is InChI=1S/C24H31N3O3S/c1-3-26(4-2)24(30)22(25-23(29)20-11-8-16-31-20)19-12-14-27(15-13-19)21(28)17-18-9-6-5-7-10-18/h5-11,16,19,22H,3-4,12-15,17H2,1-2H3,(H,25,29). The van der Waals surface area contributed by atoms with E-state index in [4.69, 9.17) is 0 Å². The Kier molecular flexibility index (Phi) is 8.23. The van der Waals surface area contributed by atoms with Crippen molar-refractivity contribution in [1.82, 2.24) is 15.1 Å². The van der Waals surface area contributed by atoms with Crippen LogP contribution in [0.1, 0.15) is 41.9 Å². The maximum Gasteiger partial charge on any atom is 0.262 e. The van der Waals surface area contributed by atoms with Gasteiger partial charge in [-0.15, -0.1) is 11.3 Å². The molecule has 0 spiro atoms. The average molecular weight is 442 g/mol. The van der Waals surface area contributed by atoms with Crippen LogP contribution in [0.2, 0.25) is 0 Å². The molecule has 1 fully saturated rings. The molecule has 3 rings (SSSR count). The van der Waals surface area contributed by atoms with E-state index in [1.54, 1.807) is 11.0 Å². The molecule has 166 valence electrons. The maximum atomic E-state index is 13.2. The van der Waals surface area contributed by atoms with Crippen molar-refractivity contribution < 1.29 is 14.4 Å². The van der Waals surface area contributed by atoms with Crippen LogP contribution in [0.4, 0.5) is 0 Å². The van der Waals surface area contributed by atoms with Gasteiger partial charge >= 0.3 is 0 Å². The average Bonchev–Trinajstić information content (AvgIpc) is 3.34. The summed E-state index contributed by atoms with van der Waals surface area (Å²) in [6.07, 6.45) is 1.79. The Morgan fingerprint density at radius 2 is 1.74 bits per heavy atom. The number of amides is 3. The summed E-state index contributed by atoms with van der Waals surface area (Å²) in [4.78, 5) is 42.9. The van der Waals surface area contributed by atoms with Gasteiger partial charge in [0.15, 0.2) is 0 Å². The second-order valence-corrected chi connectivity index (χ2v) is 8.77. The van der Waals surface area contributed by atoms with Crippen molar-refractivity contribution in [3.63, 3.8) is 0 Å². The van der Waals surface area contributed by atoms with Crippen LogP contribution in [-0.4, -0.2) is 59.7 Å². The van der Waals surface area contributed by atoms with Gasteiger partial charge in [0.1, 0.15) is 6.04 Å². The highest BCUT2D eigenvalue weighted by molar-refractivity contribution is 7.12. The summed E-state index contributed by atoms with van der Waals surface area (Å²) in [7, 11) is 0. The van der Waals surface area contributed by atoms with Crippen LogP contribution >= 0.6 is 11.3 Å². The molecule has 2 heterocycles. The van der Waals surface area contributed by atoms with Gasteiger partial charge in [-0.2, -0.15) is 0 Å². The Morgan fingerprint density at radius 3 is 2.32 bits per heavy atom. The van der Waals surface area contributed by atoms with E-state index < -0.39 is 6.04 Å². The lowest BCUT2D eigenvalue weighted by Crippen LogP contribution is -2.54. The molecule has 1 atom stereocenters. The molecule has 1 aromatic carbocycles. The minimum atomic E-state index is -0.569. The lowest BCUT2D eigenvalue weighted by molar-refractivity contribution is -0.135. The summed E-state index contributed by atoms with van der Waals surface area (Å²) in [5.74, 6) is -0.122. The van der Waals surface area contributed by atoms with Gasteiger partial charge in [-0.1, -0.05) is 36.4 Å². The van der Waals surface area contributed by atoms with Crippen molar-refractivity contribution in [2.75, 3.05) is 26.2 Å². The van der Waals surface area contributed by atoms with Crippen LogP contribution in [0.5, 0.6) is 0 Å². The summed E-state index contributed by atoms with van der Waals surface area (Å²) in [5.41, 5.74) is 1.01. The second-order valence-electron chi connectivity index (χ2n) is 7.82. The third kappa shape index (κ3) is 5.94. The third-order valence-electron chi connectivity index (χ3n) is 5.93. The van der Waals surface area contributed by atoms with Crippen LogP contribution < -0.4 is 5.32 Å². The minimum absolute atomic E-state index is 0.0118. The van der Waals surface area contributed by atoms with Gasteiger partial charge < -0.3 is 15.1 Å². The highest BCUT2D eigenvalue weighted by atomic mass is 32.1. The number of carbonyl (C=O) groups excluding carboxylic acids is 3. The highest BCUT2D eigenvalue weighted by Crippen LogP contribution is 2.24. The SMILES string of the molecule is CCN(CC)C(=O)C(NC(=O)c1cccs1)C1CCN(C(=O)Cc2ccccc2)CC1. The molecule has 0 aliphatic carbocycles. The molecule has 6 nitrogen and oxygen atoms in total. The van der Waals surface area contributed by atoms with Gasteiger partial charge in [-0.05, 0) is 49.6 Å². The summed E-state index contributed by atoms with van der Waals surface area (Å²) in [5, 5.41) is 4.85. The third-order valence-corrected chi connectivity index (χ3v) is 6.80. The van der Waals surface area contributed by atoms with Crippen LogP contribution in [0.15, 0.2) is 47.8 Å². The van der Waals surface area contributed by atoms with Crippen LogP contribution in [0, 0.1) is 5.92 Å². The fraction of sp³-hybridized carbons (Fsp3) is 0.458. The lowest BCUT2D eigenvalue weighted by Gasteiger charge is -2.37. The smallest absolute Gasteiger partial charge is 0.262 e. The first-order chi connectivity index (χ1) is 15.0. The van der Waals surface area contributed by atoms with Gasteiger partial charge in [-0.3, -0.25) is 14.4 Å². The Hall–Kier alpha value is -2.67. The van der Waals surface area contributed by atoms with E-state index in [0.717, 1.165) is 5.56 Å². The summed E-state index contributed by atoms with van der Waals surface area (Å²) in [6, 6.07) is 12.8. The fourth-order valence-corrected chi connectivity index (χ4v) is 4.72. The van der Waals surface area contributed by atoms with Crippen molar-refractivity contribution in [3.05, 3.63) is 58.3 Å². The predicted molar refractivity (Wildman–Crippen MR) is 123 cm³/mol. The molecule has 1 saturated heterocycles. The van der Waals surface area contributed by atoms with E-state index in [9.17, 15) is 14.4 Å². The number of likely N-dealkylation sites (tertiary alicyclic amines) is 1. The number of nitrogens with zero attached hydrogens (tertiary/aromatic N) is 2. The van der Waals surface area contributed by atoms with E-state index in [1.165, 1.54) is 11.3 Å². The molecule has 1 aromatic heterocycles. The molecular formula is C24H31N3O3S. The topological polar surface area (TPSA) is 69.7 Å². The Bertz CT molecular complexity index is 857. The van der Waals surface area contributed by atoms with Crippen molar-refractivity contribution in [1.29, 1.82) is 0 Å². The van der Waals surface area contributed by atoms with Crippen LogP contribution in [0.3, 0.4) is 0 Å². The van der Waals surface area contributed by atoms with Gasteiger partial charge in [0, 0.05) is 26.2 Å². The normalized spacial score (nSPS) is 15.4. The number of nitrogens with one attached hydrogen (secondary N) is 1. The van der Waals surface area contributed by atoms with Crippen molar-refractivity contribution >= 4 is 29.1 Å². The zero-order valence-corrected chi connectivity index (χ0v) is 19.1. The van der Waals surface area contributed by atoms with Crippen LogP contribution in [0.25, 0.3) is 0 Å². The Labute approximate surface area is 188 Å². The van der Waals surface area contributed by atoms with Crippen molar-refractivity contribution in [3.8, 4) is 0 Å². The summed E-state index contributed by atoms with van der Waals surface area (Å²) >= 11 is 1.37. The second kappa shape index (κ2) is 11.1. The fourth-order valence-electron chi connectivity index (χ4n) is 4.10. The van der Waals surface area contributed by atoms with Gasteiger partial charge in [0.25, 0.3) is 5.91 Å². The number of benzene rings is 1. The van der Waals surface area contributed by atoms with E-state index in [0.29, 0.717) is 50.3 Å². The zero-order chi connectivity index (χ0) is 22.2. The summed E-state index contributed by atoms with van der Waals surface area (Å²) in [6.45, 7) is 6.32. The largest absolute Gasteiger partial charge is 0.342 e. The molecule has 0 radical (unpaired) electrons. The molecule has 1 aliphatic heterocycles. The van der Waals surface area contributed by atoms with Crippen LogP contribution in [-0.2, 0) is 16.0 Å². The Balaban J connectivity index is 1.65. The number of hydrogen-bond donors (Lipinski definition) is 1. The molecule has 1 N–H and O–H groups in total. The zero-order valence-electron chi connectivity index (χ0n) is 18.3. The first kappa shape index (κ1) is 23.0. The summed E-state index contributed by atoms with van der Waals surface area (Å²) < 4.78 is 0. The number of piperidine rings is 1. The quantitative estimate of drug-likeness (QED) is 0.684. The number of likely N-dealkylation sites (N-methyl/N-ethyl adjacent to an activating group) is 1. The molecule has 3 amide bonds. The van der Waals surface area contributed by atoms with E-state index in [1.807, 2.05) is 60.5 Å². The first-order valence-corrected chi connectivity index (χ1v) is 11.9. The number of rotatable bonds is 8. The molecule has 1 unspecified atom stereocenters. The minimum Gasteiger partial charge on any atom is -0.342 e. The molecule has 1 aliphatic rings. The molecule has 31 heavy (non-hydrogen) atoms. The van der Waals surface area contributed by atoms with E-state index in [2.05, 4.69) is 5.32 Å². The Morgan fingerprint density at radius 1 is 1.06 bits per heavy atom. The molecule has 2 aromatic rings.